The first kappa shape index (κ1) is 18.1. The van der Waals surface area contributed by atoms with E-state index in [9.17, 15) is 4.79 Å². The maximum absolute atomic E-state index is 12.1. The van der Waals surface area contributed by atoms with Gasteiger partial charge in [-0.3, -0.25) is 4.79 Å². The molecular weight excluding hydrogens is 328 g/mol. The molecule has 26 heavy (non-hydrogen) atoms. The maximum atomic E-state index is 12.1. The van der Waals surface area contributed by atoms with Gasteiger partial charge in [-0.2, -0.15) is 0 Å². The van der Waals surface area contributed by atoms with Crippen molar-refractivity contribution in [3.05, 3.63) is 48.5 Å². The van der Waals surface area contributed by atoms with Crippen LogP contribution >= 0.6 is 0 Å². The van der Waals surface area contributed by atoms with Crippen LogP contribution < -0.4 is 19.7 Å². The van der Waals surface area contributed by atoms with E-state index in [4.69, 9.17) is 9.47 Å². The van der Waals surface area contributed by atoms with Crippen molar-refractivity contribution >= 4 is 17.3 Å². The van der Waals surface area contributed by atoms with E-state index in [1.54, 1.807) is 31.4 Å². The Morgan fingerprint density at radius 1 is 1.08 bits per heavy atom. The van der Waals surface area contributed by atoms with Gasteiger partial charge in [0.15, 0.2) is 6.61 Å². The number of amides is 1. The number of rotatable bonds is 6. The first-order chi connectivity index (χ1) is 12.7. The number of ether oxygens (including phenoxy) is 2. The predicted octanol–water partition coefficient (Wildman–Crippen LogP) is 4.09. The van der Waals surface area contributed by atoms with E-state index in [-0.39, 0.29) is 12.5 Å². The lowest BCUT2D eigenvalue weighted by atomic mass is 10.0. The van der Waals surface area contributed by atoms with Crippen molar-refractivity contribution < 1.29 is 14.3 Å². The predicted molar refractivity (Wildman–Crippen MR) is 104 cm³/mol. The summed E-state index contributed by atoms with van der Waals surface area (Å²) in [4.78, 5) is 14.5. The number of hydrogen-bond acceptors (Lipinski definition) is 4. The van der Waals surface area contributed by atoms with E-state index in [0.717, 1.165) is 18.0 Å². The molecule has 1 heterocycles. The fourth-order valence-electron chi connectivity index (χ4n) is 3.24. The van der Waals surface area contributed by atoms with Gasteiger partial charge in [-0.15, -0.1) is 0 Å². The van der Waals surface area contributed by atoms with Crippen molar-refractivity contribution in [2.45, 2.75) is 32.2 Å². The second-order valence-corrected chi connectivity index (χ2v) is 6.60. The minimum atomic E-state index is -0.181. The number of piperidine rings is 1. The van der Waals surface area contributed by atoms with Crippen molar-refractivity contribution in [1.29, 1.82) is 0 Å². The standard InChI is InChI=1S/C21H26N2O3/c1-16-5-3-4-14-23(16)18-8-6-17(7-9-18)22-21(24)15-26-20-12-10-19(25-2)11-13-20/h6-13,16H,3-5,14-15H2,1-2H3,(H,22,24)/t16-/m0/s1. The molecule has 1 fully saturated rings. The van der Waals surface area contributed by atoms with Crippen LogP contribution in [0.3, 0.4) is 0 Å². The quantitative estimate of drug-likeness (QED) is 0.849. The molecule has 0 aromatic heterocycles. The smallest absolute Gasteiger partial charge is 0.262 e. The second-order valence-electron chi connectivity index (χ2n) is 6.60. The number of nitrogens with one attached hydrogen (secondary N) is 1. The second kappa shape index (κ2) is 8.61. The maximum Gasteiger partial charge on any atom is 0.262 e. The number of carbonyl (C=O) groups is 1. The summed E-state index contributed by atoms with van der Waals surface area (Å²) < 4.78 is 10.6. The first-order valence-electron chi connectivity index (χ1n) is 9.09. The summed E-state index contributed by atoms with van der Waals surface area (Å²) in [5, 5.41) is 2.87. The Balaban J connectivity index is 1.50. The number of nitrogens with zero attached hydrogens (tertiary/aromatic N) is 1. The molecule has 138 valence electrons. The van der Waals surface area contributed by atoms with Crippen LogP contribution in [0, 0.1) is 0 Å². The molecule has 1 amide bonds. The first-order valence-corrected chi connectivity index (χ1v) is 9.09. The summed E-state index contributed by atoms with van der Waals surface area (Å²) in [6.07, 6.45) is 3.78. The summed E-state index contributed by atoms with van der Waals surface area (Å²) in [5.74, 6) is 1.21. The molecule has 0 saturated carbocycles. The molecule has 2 aromatic rings. The fourth-order valence-corrected chi connectivity index (χ4v) is 3.24. The van der Waals surface area contributed by atoms with Gasteiger partial charge >= 0.3 is 0 Å². The molecule has 1 aliphatic heterocycles. The summed E-state index contributed by atoms with van der Waals surface area (Å²) >= 11 is 0. The fraction of sp³-hybridized carbons (Fsp3) is 0.381. The van der Waals surface area contributed by atoms with Gasteiger partial charge in [0.2, 0.25) is 0 Å². The molecule has 3 rings (SSSR count). The minimum Gasteiger partial charge on any atom is -0.497 e. The number of methoxy groups -OCH3 is 1. The van der Waals surface area contributed by atoms with Gasteiger partial charge in [0, 0.05) is 24.0 Å². The molecule has 2 aromatic carbocycles. The van der Waals surface area contributed by atoms with Gasteiger partial charge in [0.1, 0.15) is 11.5 Å². The minimum absolute atomic E-state index is 0.0305. The number of benzene rings is 2. The van der Waals surface area contributed by atoms with Crippen LogP contribution in [0.15, 0.2) is 48.5 Å². The van der Waals surface area contributed by atoms with Crippen molar-refractivity contribution in [3.8, 4) is 11.5 Å². The molecule has 0 radical (unpaired) electrons. The monoisotopic (exact) mass is 354 g/mol. The third kappa shape index (κ3) is 4.69. The lowest BCUT2D eigenvalue weighted by Crippen LogP contribution is -2.37. The SMILES string of the molecule is COc1ccc(OCC(=O)Nc2ccc(N3CCCC[C@@H]3C)cc2)cc1. The highest BCUT2D eigenvalue weighted by Crippen LogP contribution is 2.25. The van der Waals surface area contributed by atoms with Crippen LogP contribution in [0.2, 0.25) is 0 Å². The third-order valence-corrected chi connectivity index (χ3v) is 4.72. The Kier molecular flexibility index (Phi) is 6.00. The summed E-state index contributed by atoms with van der Waals surface area (Å²) in [6.45, 7) is 3.34. The van der Waals surface area contributed by atoms with Gasteiger partial charge in [0.05, 0.1) is 7.11 Å². The van der Waals surface area contributed by atoms with Gasteiger partial charge < -0.3 is 19.7 Å². The summed E-state index contributed by atoms with van der Waals surface area (Å²) in [7, 11) is 1.61. The Hall–Kier alpha value is -2.69. The van der Waals surface area contributed by atoms with Gasteiger partial charge in [-0.1, -0.05) is 0 Å². The number of hydrogen-bond donors (Lipinski definition) is 1. The lowest BCUT2D eigenvalue weighted by Gasteiger charge is -2.35. The van der Waals surface area contributed by atoms with Crippen molar-refractivity contribution in [2.24, 2.45) is 0 Å². The van der Waals surface area contributed by atoms with Crippen LogP contribution in [-0.2, 0) is 4.79 Å². The van der Waals surface area contributed by atoms with Gasteiger partial charge in [-0.05, 0) is 74.7 Å². The third-order valence-electron chi connectivity index (χ3n) is 4.72. The molecule has 0 aliphatic carbocycles. The molecule has 1 atom stereocenters. The largest absolute Gasteiger partial charge is 0.497 e. The topological polar surface area (TPSA) is 50.8 Å². The molecule has 0 bridgehead atoms. The Morgan fingerprint density at radius 2 is 1.77 bits per heavy atom. The molecule has 5 nitrogen and oxygen atoms in total. The number of carbonyl (C=O) groups excluding carboxylic acids is 1. The van der Waals surface area contributed by atoms with Gasteiger partial charge in [0.25, 0.3) is 5.91 Å². The highest BCUT2D eigenvalue weighted by Gasteiger charge is 2.18. The Bertz CT molecular complexity index is 713. The Morgan fingerprint density at radius 3 is 2.42 bits per heavy atom. The van der Waals surface area contributed by atoms with Crippen LogP contribution in [0.1, 0.15) is 26.2 Å². The van der Waals surface area contributed by atoms with Gasteiger partial charge in [-0.25, -0.2) is 0 Å². The summed E-state index contributed by atoms with van der Waals surface area (Å²) in [6, 6.07) is 15.8. The lowest BCUT2D eigenvalue weighted by molar-refractivity contribution is -0.118. The van der Waals surface area contributed by atoms with Crippen LogP contribution in [-0.4, -0.2) is 32.2 Å². The zero-order valence-corrected chi connectivity index (χ0v) is 15.4. The molecule has 0 unspecified atom stereocenters. The average Bonchev–Trinajstić information content (AvgIpc) is 2.68. The van der Waals surface area contributed by atoms with E-state index >= 15 is 0 Å². The van der Waals surface area contributed by atoms with Crippen molar-refractivity contribution in [3.63, 3.8) is 0 Å². The molecule has 1 aliphatic rings. The van der Waals surface area contributed by atoms with E-state index in [1.807, 2.05) is 12.1 Å². The van der Waals surface area contributed by atoms with E-state index in [0.29, 0.717) is 11.8 Å². The highest BCUT2D eigenvalue weighted by atomic mass is 16.5. The molecule has 5 heteroatoms. The average molecular weight is 354 g/mol. The zero-order chi connectivity index (χ0) is 18.4. The number of anilines is 2. The van der Waals surface area contributed by atoms with Crippen molar-refractivity contribution in [1.82, 2.24) is 0 Å². The zero-order valence-electron chi connectivity index (χ0n) is 15.4. The van der Waals surface area contributed by atoms with E-state index in [2.05, 4.69) is 29.3 Å². The molecule has 0 spiro atoms. The van der Waals surface area contributed by atoms with Crippen LogP contribution in [0.25, 0.3) is 0 Å². The normalized spacial score (nSPS) is 16.8. The van der Waals surface area contributed by atoms with E-state index < -0.39 is 0 Å². The highest BCUT2D eigenvalue weighted by molar-refractivity contribution is 5.92. The molecule has 1 N–H and O–H groups in total. The summed E-state index contributed by atoms with van der Waals surface area (Å²) in [5.41, 5.74) is 1.99. The molecule has 1 saturated heterocycles. The van der Waals surface area contributed by atoms with E-state index in [1.165, 1.54) is 24.9 Å². The molecular formula is C21H26N2O3. The van der Waals surface area contributed by atoms with Crippen molar-refractivity contribution in [2.75, 3.05) is 30.5 Å². The van der Waals surface area contributed by atoms with Crippen LogP contribution in [0.4, 0.5) is 11.4 Å². The Labute approximate surface area is 154 Å². The van der Waals surface area contributed by atoms with Crippen LogP contribution in [0.5, 0.6) is 11.5 Å².